The SMILES string of the molecule is CCCC(CN)(CCC)c1ccccc1.ClCCl. The summed E-state index contributed by atoms with van der Waals surface area (Å²) >= 11 is 9.53. The zero-order valence-electron chi connectivity index (χ0n) is 11.5. The summed E-state index contributed by atoms with van der Waals surface area (Å²) in [4.78, 5) is 0. The maximum Gasteiger partial charge on any atom is 0.0967 e. The van der Waals surface area contributed by atoms with E-state index in [1.807, 2.05) is 0 Å². The summed E-state index contributed by atoms with van der Waals surface area (Å²) in [7, 11) is 0. The molecule has 0 radical (unpaired) electrons. The van der Waals surface area contributed by atoms with E-state index in [4.69, 9.17) is 28.9 Å². The van der Waals surface area contributed by atoms with Gasteiger partial charge in [0.05, 0.1) is 5.34 Å². The molecule has 0 heterocycles. The predicted octanol–water partition coefficient (Wildman–Crippen LogP) is 4.90. The molecular weight excluding hydrogens is 265 g/mol. The van der Waals surface area contributed by atoms with Crippen molar-refractivity contribution in [3.8, 4) is 0 Å². The molecule has 0 atom stereocenters. The van der Waals surface area contributed by atoms with Crippen LogP contribution in [0.3, 0.4) is 0 Å². The zero-order chi connectivity index (χ0) is 13.9. The number of rotatable bonds is 6. The molecule has 0 aliphatic rings. The van der Waals surface area contributed by atoms with Crippen LogP contribution in [0.2, 0.25) is 0 Å². The highest BCUT2D eigenvalue weighted by molar-refractivity contribution is 6.40. The molecule has 0 aromatic heterocycles. The highest BCUT2D eigenvalue weighted by atomic mass is 35.5. The Balaban J connectivity index is 0.000000873. The second-order valence-corrected chi connectivity index (χ2v) is 5.26. The smallest absolute Gasteiger partial charge is 0.0967 e. The van der Waals surface area contributed by atoms with Crippen LogP contribution < -0.4 is 5.73 Å². The molecule has 0 amide bonds. The summed E-state index contributed by atoms with van der Waals surface area (Å²) in [5, 5.41) is 0.194. The van der Waals surface area contributed by atoms with E-state index >= 15 is 0 Å². The molecule has 0 bridgehead atoms. The van der Waals surface area contributed by atoms with Crippen molar-refractivity contribution >= 4 is 23.2 Å². The van der Waals surface area contributed by atoms with Gasteiger partial charge in [-0.2, -0.15) is 0 Å². The van der Waals surface area contributed by atoms with Crippen LogP contribution in [-0.2, 0) is 5.41 Å². The molecule has 104 valence electrons. The molecule has 1 rings (SSSR count). The fourth-order valence-corrected chi connectivity index (χ4v) is 2.48. The lowest BCUT2D eigenvalue weighted by molar-refractivity contribution is 0.365. The standard InChI is InChI=1S/C14H23N.CH2Cl2/c1-3-10-14(12-15,11-4-2)13-8-6-5-7-9-13;2-1-3/h5-9H,3-4,10-12,15H2,1-2H3;1H2. The lowest BCUT2D eigenvalue weighted by Crippen LogP contribution is -2.35. The third-order valence-electron chi connectivity index (χ3n) is 3.23. The van der Waals surface area contributed by atoms with Gasteiger partial charge < -0.3 is 5.73 Å². The minimum absolute atomic E-state index is 0.194. The number of hydrogen-bond acceptors (Lipinski definition) is 1. The molecule has 0 spiro atoms. The van der Waals surface area contributed by atoms with Gasteiger partial charge in [-0.05, 0) is 18.4 Å². The minimum atomic E-state index is 0.194. The summed E-state index contributed by atoms with van der Waals surface area (Å²) in [6, 6.07) is 10.7. The van der Waals surface area contributed by atoms with Gasteiger partial charge in [-0.15, -0.1) is 23.2 Å². The fraction of sp³-hybridized carbons (Fsp3) is 0.600. The van der Waals surface area contributed by atoms with Crippen LogP contribution in [0.15, 0.2) is 30.3 Å². The van der Waals surface area contributed by atoms with Crippen LogP contribution in [0.1, 0.15) is 45.1 Å². The van der Waals surface area contributed by atoms with Crippen molar-refractivity contribution in [3.05, 3.63) is 35.9 Å². The van der Waals surface area contributed by atoms with Crippen molar-refractivity contribution in [1.29, 1.82) is 0 Å². The van der Waals surface area contributed by atoms with Gasteiger partial charge >= 0.3 is 0 Å². The minimum Gasteiger partial charge on any atom is -0.330 e. The van der Waals surface area contributed by atoms with Gasteiger partial charge in [0, 0.05) is 12.0 Å². The Morgan fingerprint density at radius 3 is 1.78 bits per heavy atom. The quantitative estimate of drug-likeness (QED) is 0.740. The topological polar surface area (TPSA) is 26.0 Å². The third-order valence-corrected chi connectivity index (χ3v) is 3.23. The highest BCUT2D eigenvalue weighted by Gasteiger charge is 2.28. The van der Waals surface area contributed by atoms with Crippen LogP contribution in [0.5, 0.6) is 0 Å². The number of hydrogen-bond donors (Lipinski definition) is 1. The van der Waals surface area contributed by atoms with Crippen molar-refractivity contribution in [2.45, 2.75) is 44.9 Å². The summed E-state index contributed by atoms with van der Waals surface area (Å²) in [5.41, 5.74) is 7.64. The first-order valence-corrected chi connectivity index (χ1v) is 7.65. The lowest BCUT2D eigenvalue weighted by Gasteiger charge is -2.33. The number of alkyl halides is 2. The van der Waals surface area contributed by atoms with E-state index in [1.54, 1.807) is 0 Å². The second-order valence-electron chi connectivity index (χ2n) is 4.45. The van der Waals surface area contributed by atoms with Gasteiger partial charge in [0.2, 0.25) is 0 Å². The van der Waals surface area contributed by atoms with E-state index in [9.17, 15) is 0 Å². The van der Waals surface area contributed by atoms with Gasteiger partial charge in [-0.1, -0.05) is 57.0 Å². The predicted molar refractivity (Wildman–Crippen MR) is 83.6 cm³/mol. The average Bonchev–Trinajstić information content (AvgIpc) is 2.40. The van der Waals surface area contributed by atoms with Crippen molar-refractivity contribution in [1.82, 2.24) is 0 Å². The summed E-state index contributed by atoms with van der Waals surface area (Å²) < 4.78 is 0. The summed E-state index contributed by atoms with van der Waals surface area (Å²) in [5.74, 6) is 0. The monoisotopic (exact) mass is 289 g/mol. The maximum atomic E-state index is 6.01. The third kappa shape index (κ3) is 5.60. The molecule has 0 fully saturated rings. The molecule has 18 heavy (non-hydrogen) atoms. The molecule has 3 heteroatoms. The number of benzene rings is 1. The lowest BCUT2D eigenvalue weighted by atomic mass is 9.73. The van der Waals surface area contributed by atoms with Crippen LogP contribution in [0.25, 0.3) is 0 Å². The van der Waals surface area contributed by atoms with Crippen LogP contribution in [-0.4, -0.2) is 11.9 Å². The van der Waals surface area contributed by atoms with Crippen LogP contribution in [0.4, 0.5) is 0 Å². The molecule has 0 saturated heterocycles. The van der Waals surface area contributed by atoms with Gasteiger partial charge in [-0.3, -0.25) is 0 Å². The largest absolute Gasteiger partial charge is 0.330 e. The summed E-state index contributed by atoms with van der Waals surface area (Å²) in [6.07, 6.45) is 4.79. The van der Waals surface area contributed by atoms with Gasteiger partial charge in [0.1, 0.15) is 0 Å². The first-order valence-electron chi connectivity index (χ1n) is 6.58. The molecular formula is C15H25Cl2N. The zero-order valence-corrected chi connectivity index (χ0v) is 13.0. The van der Waals surface area contributed by atoms with Crippen molar-refractivity contribution < 1.29 is 0 Å². The second kappa shape index (κ2) is 10.7. The van der Waals surface area contributed by atoms with Crippen LogP contribution in [0, 0.1) is 0 Å². The normalized spacial score (nSPS) is 10.7. The molecule has 1 nitrogen and oxygen atoms in total. The molecule has 0 aliphatic heterocycles. The van der Waals surface area contributed by atoms with Crippen LogP contribution >= 0.6 is 23.2 Å². The van der Waals surface area contributed by atoms with Crippen molar-refractivity contribution in [2.24, 2.45) is 5.73 Å². The van der Waals surface area contributed by atoms with Gasteiger partial charge in [0.25, 0.3) is 0 Å². The Kier molecular flexibility index (Phi) is 10.5. The molecule has 0 saturated carbocycles. The fourth-order valence-electron chi connectivity index (χ4n) is 2.48. The molecule has 2 N–H and O–H groups in total. The molecule has 0 aliphatic carbocycles. The molecule has 1 aromatic carbocycles. The van der Waals surface area contributed by atoms with Gasteiger partial charge in [0.15, 0.2) is 0 Å². The Bertz CT molecular complexity index is 282. The van der Waals surface area contributed by atoms with E-state index in [2.05, 4.69) is 44.2 Å². The van der Waals surface area contributed by atoms with E-state index in [0.29, 0.717) is 0 Å². The Hall–Kier alpha value is -0.240. The Morgan fingerprint density at radius 1 is 1.00 bits per heavy atom. The van der Waals surface area contributed by atoms with E-state index in [1.165, 1.54) is 31.2 Å². The first-order chi connectivity index (χ1) is 8.70. The Labute approximate surface area is 122 Å². The highest BCUT2D eigenvalue weighted by Crippen LogP contribution is 2.33. The molecule has 0 unspecified atom stereocenters. The maximum absolute atomic E-state index is 6.01. The first kappa shape index (κ1) is 17.8. The van der Waals surface area contributed by atoms with E-state index in [-0.39, 0.29) is 10.8 Å². The Morgan fingerprint density at radius 2 is 1.44 bits per heavy atom. The molecule has 1 aromatic rings. The summed E-state index contributed by atoms with van der Waals surface area (Å²) in [6.45, 7) is 5.24. The average molecular weight is 290 g/mol. The van der Waals surface area contributed by atoms with Crippen molar-refractivity contribution in [3.63, 3.8) is 0 Å². The number of halogens is 2. The number of nitrogens with two attached hydrogens (primary N) is 1. The van der Waals surface area contributed by atoms with E-state index in [0.717, 1.165) is 6.54 Å². The van der Waals surface area contributed by atoms with Crippen molar-refractivity contribution in [2.75, 3.05) is 11.9 Å². The van der Waals surface area contributed by atoms with E-state index < -0.39 is 0 Å². The van der Waals surface area contributed by atoms with Gasteiger partial charge in [-0.25, -0.2) is 0 Å².